The Morgan fingerprint density at radius 1 is 1.16 bits per heavy atom. The molecule has 2 amide bonds. The van der Waals surface area contributed by atoms with Crippen molar-refractivity contribution in [2.24, 2.45) is 0 Å². The summed E-state index contributed by atoms with van der Waals surface area (Å²) in [4.78, 5) is 37.8. The number of carbonyl (C=O) groups is 3. The number of nitrogens with zero attached hydrogens (tertiary/aromatic N) is 2. The highest BCUT2D eigenvalue weighted by atomic mass is 35.5. The molecule has 1 unspecified atom stereocenters. The molecule has 1 aromatic rings. The predicted octanol–water partition coefficient (Wildman–Crippen LogP) is 1.26. The normalized spacial score (nSPS) is 15.9. The van der Waals surface area contributed by atoms with Crippen LogP contribution in [0.15, 0.2) is 23.1 Å². The van der Waals surface area contributed by atoms with Gasteiger partial charge < -0.3 is 14.5 Å². The Balaban J connectivity index is 1.95. The molecule has 1 aliphatic rings. The molecule has 1 aromatic carbocycles. The highest BCUT2D eigenvalue weighted by Crippen LogP contribution is 2.33. The molecular formula is C18H21ClF3N3O6S. The fourth-order valence-electron chi connectivity index (χ4n) is 2.91. The van der Waals surface area contributed by atoms with Crippen LogP contribution in [0.5, 0.6) is 0 Å². The molecule has 0 aliphatic carbocycles. The first kappa shape index (κ1) is 25.9. The molecular weight excluding hydrogens is 479 g/mol. The summed E-state index contributed by atoms with van der Waals surface area (Å²) in [6.07, 6.45) is -6.02. The first-order valence-corrected chi connectivity index (χ1v) is 11.2. The van der Waals surface area contributed by atoms with Crippen molar-refractivity contribution in [3.63, 3.8) is 0 Å². The van der Waals surface area contributed by atoms with Crippen molar-refractivity contribution in [3.8, 4) is 0 Å². The number of esters is 1. The minimum absolute atomic E-state index is 0.121. The van der Waals surface area contributed by atoms with Crippen LogP contribution in [-0.2, 0) is 35.3 Å². The Bertz CT molecular complexity index is 994. The molecule has 178 valence electrons. The van der Waals surface area contributed by atoms with E-state index in [9.17, 15) is 36.0 Å². The summed E-state index contributed by atoms with van der Waals surface area (Å²) in [5.74, 6) is -1.75. The van der Waals surface area contributed by atoms with Crippen LogP contribution >= 0.6 is 11.6 Å². The number of rotatable bonds is 6. The number of carbonyl (C=O) groups excluding carboxylic acids is 3. The lowest BCUT2D eigenvalue weighted by Crippen LogP contribution is -2.52. The molecule has 2 rings (SSSR count). The third-order valence-corrected chi connectivity index (χ3v) is 6.53. The van der Waals surface area contributed by atoms with Crippen LogP contribution in [0.4, 0.5) is 13.2 Å². The lowest BCUT2D eigenvalue weighted by atomic mass is 10.2. The molecule has 0 saturated carbocycles. The number of halogens is 4. The molecule has 0 bridgehead atoms. The first-order valence-electron chi connectivity index (χ1n) is 9.32. The third-order valence-electron chi connectivity index (χ3n) is 4.65. The Morgan fingerprint density at radius 3 is 2.25 bits per heavy atom. The van der Waals surface area contributed by atoms with E-state index >= 15 is 0 Å². The number of hydrogen-bond acceptors (Lipinski definition) is 6. The SMILES string of the molecule is CC(=O)N1CCN(C(=O)C(C)OC(=O)CNS(=O)(=O)c2cc(C(F)(F)F)ccc2Cl)CC1. The second-order valence-electron chi connectivity index (χ2n) is 6.93. The van der Waals surface area contributed by atoms with Gasteiger partial charge in [0, 0.05) is 33.1 Å². The van der Waals surface area contributed by atoms with Crippen molar-refractivity contribution in [1.29, 1.82) is 0 Å². The number of nitrogens with one attached hydrogen (secondary N) is 1. The first-order chi connectivity index (χ1) is 14.7. The van der Waals surface area contributed by atoms with Crippen LogP contribution in [-0.4, -0.2) is 74.8 Å². The average molecular weight is 500 g/mol. The topological polar surface area (TPSA) is 113 Å². The van der Waals surface area contributed by atoms with Crippen LogP contribution in [0.25, 0.3) is 0 Å². The van der Waals surface area contributed by atoms with Crippen molar-refractivity contribution in [1.82, 2.24) is 14.5 Å². The van der Waals surface area contributed by atoms with E-state index in [2.05, 4.69) is 0 Å². The van der Waals surface area contributed by atoms with E-state index in [0.717, 1.165) is 6.07 Å². The lowest BCUT2D eigenvalue weighted by Gasteiger charge is -2.35. The van der Waals surface area contributed by atoms with Gasteiger partial charge in [-0.15, -0.1) is 0 Å². The van der Waals surface area contributed by atoms with E-state index in [1.807, 2.05) is 4.72 Å². The van der Waals surface area contributed by atoms with Gasteiger partial charge in [0.15, 0.2) is 6.10 Å². The minimum atomic E-state index is -4.79. The quantitative estimate of drug-likeness (QED) is 0.590. The van der Waals surface area contributed by atoms with Crippen molar-refractivity contribution >= 4 is 39.4 Å². The molecule has 14 heteroatoms. The fraction of sp³-hybridized carbons (Fsp3) is 0.500. The lowest BCUT2D eigenvalue weighted by molar-refractivity contribution is -0.159. The largest absolute Gasteiger partial charge is 0.452 e. The number of piperazine rings is 1. The second-order valence-corrected chi connectivity index (χ2v) is 9.07. The van der Waals surface area contributed by atoms with Crippen LogP contribution in [0.2, 0.25) is 5.02 Å². The number of hydrogen-bond donors (Lipinski definition) is 1. The average Bonchev–Trinajstić information content (AvgIpc) is 2.71. The van der Waals surface area contributed by atoms with Gasteiger partial charge in [0.2, 0.25) is 15.9 Å². The molecule has 0 spiro atoms. The van der Waals surface area contributed by atoms with Crippen molar-refractivity contribution in [2.45, 2.75) is 31.0 Å². The van der Waals surface area contributed by atoms with Gasteiger partial charge in [0.1, 0.15) is 11.4 Å². The summed E-state index contributed by atoms with van der Waals surface area (Å²) in [5, 5.41) is -0.466. The van der Waals surface area contributed by atoms with Gasteiger partial charge in [-0.25, -0.2) is 8.42 Å². The van der Waals surface area contributed by atoms with Crippen LogP contribution in [0.1, 0.15) is 19.4 Å². The van der Waals surface area contributed by atoms with Gasteiger partial charge in [-0.3, -0.25) is 14.4 Å². The number of benzene rings is 1. The van der Waals surface area contributed by atoms with Crippen LogP contribution in [0.3, 0.4) is 0 Å². The summed E-state index contributed by atoms with van der Waals surface area (Å²) < 4.78 is 69.9. The molecule has 32 heavy (non-hydrogen) atoms. The van der Waals surface area contributed by atoms with Gasteiger partial charge in [-0.1, -0.05) is 11.6 Å². The fourth-order valence-corrected chi connectivity index (χ4v) is 4.40. The number of alkyl halides is 3. The zero-order valence-electron chi connectivity index (χ0n) is 17.1. The van der Waals surface area contributed by atoms with Crippen molar-refractivity contribution < 1.29 is 40.7 Å². The second kappa shape index (κ2) is 10.0. The predicted molar refractivity (Wildman–Crippen MR) is 106 cm³/mol. The Kier molecular flexibility index (Phi) is 8.12. The van der Waals surface area contributed by atoms with Crippen LogP contribution in [0, 0.1) is 0 Å². The Morgan fingerprint density at radius 2 is 1.72 bits per heavy atom. The van der Waals surface area contributed by atoms with E-state index in [-0.39, 0.29) is 19.0 Å². The molecule has 9 nitrogen and oxygen atoms in total. The van der Waals surface area contributed by atoms with E-state index in [1.165, 1.54) is 18.7 Å². The zero-order chi connectivity index (χ0) is 24.3. The standard InChI is InChI=1S/C18H21ClF3N3O6S/c1-11(17(28)25-7-5-24(6-8-25)12(2)26)31-16(27)10-23-32(29,30)15-9-13(18(20,21)22)3-4-14(15)19/h3-4,9,11,23H,5-8,10H2,1-2H3. The highest BCUT2D eigenvalue weighted by molar-refractivity contribution is 7.89. The molecule has 0 radical (unpaired) electrons. The molecule has 1 fully saturated rings. The van der Waals surface area contributed by atoms with E-state index < -0.39 is 56.2 Å². The summed E-state index contributed by atoms with van der Waals surface area (Å²) in [6, 6.07) is 1.76. The summed E-state index contributed by atoms with van der Waals surface area (Å²) in [7, 11) is -4.58. The summed E-state index contributed by atoms with van der Waals surface area (Å²) >= 11 is 5.71. The van der Waals surface area contributed by atoms with Gasteiger partial charge in [-0.05, 0) is 25.1 Å². The van der Waals surface area contributed by atoms with Gasteiger partial charge in [0.25, 0.3) is 5.91 Å². The maximum atomic E-state index is 12.8. The number of ether oxygens (including phenoxy) is 1. The maximum Gasteiger partial charge on any atom is 0.416 e. The van der Waals surface area contributed by atoms with E-state index in [1.54, 1.807) is 4.90 Å². The Hall–Kier alpha value is -2.38. The molecule has 1 saturated heterocycles. The zero-order valence-corrected chi connectivity index (χ0v) is 18.7. The summed E-state index contributed by atoms with van der Waals surface area (Å²) in [5.41, 5.74) is -1.23. The van der Waals surface area contributed by atoms with E-state index in [0.29, 0.717) is 25.2 Å². The van der Waals surface area contributed by atoms with Gasteiger partial charge in [-0.2, -0.15) is 17.9 Å². The molecule has 1 heterocycles. The van der Waals surface area contributed by atoms with Crippen LogP contribution < -0.4 is 4.72 Å². The Labute approximate surface area is 187 Å². The summed E-state index contributed by atoms with van der Waals surface area (Å²) in [6.45, 7) is 2.95. The molecule has 1 aliphatic heterocycles. The van der Waals surface area contributed by atoms with Gasteiger partial charge >= 0.3 is 12.1 Å². The highest BCUT2D eigenvalue weighted by Gasteiger charge is 2.33. The van der Waals surface area contributed by atoms with Gasteiger partial charge in [0.05, 0.1) is 10.6 Å². The molecule has 1 atom stereocenters. The minimum Gasteiger partial charge on any atom is -0.452 e. The smallest absolute Gasteiger partial charge is 0.416 e. The number of amides is 2. The molecule has 0 aromatic heterocycles. The molecule has 1 N–H and O–H groups in total. The third kappa shape index (κ3) is 6.56. The monoisotopic (exact) mass is 499 g/mol. The maximum absolute atomic E-state index is 12.8. The van der Waals surface area contributed by atoms with Crippen molar-refractivity contribution in [3.05, 3.63) is 28.8 Å². The van der Waals surface area contributed by atoms with E-state index in [4.69, 9.17) is 16.3 Å². The number of sulfonamides is 1. The van der Waals surface area contributed by atoms with Crippen molar-refractivity contribution in [2.75, 3.05) is 32.7 Å².